The molecule has 96 valence electrons. The molecule has 5 heteroatoms. The van der Waals surface area contributed by atoms with Crippen molar-refractivity contribution in [3.05, 3.63) is 29.3 Å². The summed E-state index contributed by atoms with van der Waals surface area (Å²) >= 11 is 5.88. The van der Waals surface area contributed by atoms with Crippen LogP contribution in [-0.2, 0) is 4.79 Å². The third-order valence-electron chi connectivity index (χ3n) is 2.69. The van der Waals surface area contributed by atoms with E-state index < -0.39 is 0 Å². The van der Waals surface area contributed by atoms with Gasteiger partial charge >= 0.3 is 6.03 Å². The zero-order chi connectivity index (χ0) is 13.3. The molecule has 0 aromatic heterocycles. The van der Waals surface area contributed by atoms with Crippen LogP contribution < -0.4 is 4.90 Å². The summed E-state index contributed by atoms with van der Waals surface area (Å²) in [5.74, 6) is 0.129. The van der Waals surface area contributed by atoms with Crippen molar-refractivity contribution < 1.29 is 9.59 Å². The lowest BCUT2D eigenvalue weighted by atomic mass is 10.2. The molecule has 1 aromatic rings. The second-order valence-electron chi connectivity index (χ2n) is 4.77. The monoisotopic (exact) mass is 266 g/mol. The lowest BCUT2D eigenvalue weighted by molar-refractivity contribution is -0.116. The summed E-state index contributed by atoms with van der Waals surface area (Å²) in [5.41, 5.74) is 0.531. The van der Waals surface area contributed by atoms with Crippen LogP contribution in [0.3, 0.4) is 0 Å². The van der Waals surface area contributed by atoms with E-state index in [0.717, 1.165) is 0 Å². The highest BCUT2D eigenvalue weighted by Gasteiger charge is 2.37. The fraction of sp³-hybridized carbons (Fsp3) is 0.385. The molecule has 1 saturated heterocycles. The molecule has 3 amide bonds. The van der Waals surface area contributed by atoms with Crippen molar-refractivity contribution >= 4 is 29.2 Å². The molecule has 0 bridgehead atoms. The minimum atomic E-state index is -0.268. The van der Waals surface area contributed by atoms with Gasteiger partial charge in [0.15, 0.2) is 0 Å². The minimum Gasteiger partial charge on any atom is -0.314 e. The van der Waals surface area contributed by atoms with Gasteiger partial charge in [0.1, 0.15) is 6.54 Å². The summed E-state index contributed by atoms with van der Waals surface area (Å²) in [4.78, 5) is 26.8. The van der Waals surface area contributed by atoms with Gasteiger partial charge in [-0.2, -0.15) is 0 Å². The van der Waals surface area contributed by atoms with Crippen molar-refractivity contribution in [1.82, 2.24) is 4.90 Å². The van der Waals surface area contributed by atoms with Gasteiger partial charge in [-0.25, -0.2) is 9.69 Å². The Hall–Kier alpha value is -1.55. The molecule has 0 radical (unpaired) electrons. The molecule has 1 aliphatic rings. The van der Waals surface area contributed by atoms with E-state index >= 15 is 0 Å². The Labute approximate surface area is 111 Å². The molecule has 1 fully saturated rings. The van der Waals surface area contributed by atoms with Crippen LogP contribution in [0.1, 0.15) is 13.8 Å². The van der Waals surface area contributed by atoms with Crippen LogP contribution in [0.15, 0.2) is 24.3 Å². The molecule has 0 saturated carbocycles. The summed E-state index contributed by atoms with van der Waals surface area (Å²) in [5, 5.41) is 0.510. The number of carbonyl (C=O) groups is 2. The number of amides is 3. The first-order valence-corrected chi connectivity index (χ1v) is 6.24. The summed E-state index contributed by atoms with van der Waals surface area (Å²) in [6, 6.07) is 6.50. The first kappa shape index (κ1) is 12.9. The van der Waals surface area contributed by atoms with Gasteiger partial charge in [-0.3, -0.25) is 4.79 Å². The number of anilines is 1. The van der Waals surface area contributed by atoms with Crippen molar-refractivity contribution in [3.8, 4) is 0 Å². The molecule has 0 N–H and O–H groups in total. The van der Waals surface area contributed by atoms with E-state index in [4.69, 9.17) is 11.6 Å². The highest BCUT2D eigenvalue weighted by atomic mass is 35.5. The SMILES string of the molecule is CC(C)CN1CC(=O)N(c2cccc(Cl)c2)C1=O. The van der Waals surface area contributed by atoms with Crippen LogP contribution in [0.25, 0.3) is 0 Å². The normalized spacial score (nSPS) is 16.0. The van der Waals surface area contributed by atoms with Crippen molar-refractivity contribution in [2.75, 3.05) is 18.0 Å². The summed E-state index contributed by atoms with van der Waals surface area (Å²) in [7, 11) is 0. The van der Waals surface area contributed by atoms with E-state index in [2.05, 4.69) is 0 Å². The summed E-state index contributed by atoms with van der Waals surface area (Å²) < 4.78 is 0. The van der Waals surface area contributed by atoms with E-state index in [1.807, 2.05) is 13.8 Å². The van der Waals surface area contributed by atoms with Crippen molar-refractivity contribution in [2.45, 2.75) is 13.8 Å². The minimum absolute atomic E-state index is 0.142. The summed E-state index contributed by atoms with van der Waals surface area (Å²) in [6.45, 7) is 4.75. The van der Waals surface area contributed by atoms with E-state index in [0.29, 0.717) is 23.2 Å². The number of imide groups is 1. The molecule has 0 aliphatic carbocycles. The number of hydrogen-bond donors (Lipinski definition) is 0. The molecule has 1 heterocycles. The Bertz CT molecular complexity index is 488. The number of halogens is 1. The number of rotatable bonds is 3. The molecule has 1 aliphatic heterocycles. The van der Waals surface area contributed by atoms with Gasteiger partial charge in [-0.05, 0) is 24.1 Å². The van der Waals surface area contributed by atoms with Crippen molar-refractivity contribution in [2.24, 2.45) is 5.92 Å². The molecule has 0 unspecified atom stereocenters. The fourth-order valence-electron chi connectivity index (χ4n) is 2.00. The van der Waals surface area contributed by atoms with Crippen LogP contribution in [0.4, 0.5) is 10.5 Å². The maximum absolute atomic E-state index is 12.2. The zero-order valence-corrected chi connectivity index (χ0v) is 11.1. The van der Waals surface area contributed by atoms with Crippen molar-refractivity contribution in [1.29, 1.82) is 0 Å². The lowest BCUT2D eigenvalue weighted by Gasteiger charge is -2.18. The fourth-order valence-corrected chi connectivity index (χ4v) is 2.19. The zero-order valence-electron chi connectivity index (χ0n) is 10.4. The Morgan fingerprint density at radius 2 is 2.06 bits per heavy atom. The van der Waals surface area contributed by atoms with Gasteiger partial charge in [-0.15, -0.1) is 0 Å². The Balaban J connectivity index is 2.24. The number of urea groups is 1. The largest absolute Gasteiger partial charge is 0.331 e. The average Bonchev–Trinajstić information content (AvgIpc) is 2.53. The average molecular weight is 267 g/mol. The Morgan fingerprint density at radius 3 is 2.67 bits per heavy atom. The number of benzene rings is 1. The Kier molecular flexibility index (Phi) is 3.57. The number of nitrogens with zero attached hydrogens (tertiary/aromatic N) is 2. The van der Waals surface area contributed by atoms with E-state index in [1.54, 1.807) is 29.2 Å². The third-order valence-corrected chi connectivity index (χ3v) is 2.92. The van der Waals surface area contributed by atoms with Crippen LogP contribution in [-0.4, -0.2) is 29.9 Å². The summed E-state index contributed by atoms with van der Waals surface area (Å²) in [6.07, 6.45) is 0. The Morgan fingerprint density at radius 1 is 1.33 bits per heavy atom. The lowest BCUT2D eigenvalue weighted by Crippen LogP contribution is -2.34. The van der Waals surface area contributed by atoms with Crippen LogP contribution >= 0.6 is 11.6 Å². The predicted octanol–water partition coefficient (Wildman–Crippen LogP) is 2.76. The van der Waals surface area contributed by atoms with Gasteiger partial charge in [0.05, 0.1) is 5.69 Å². The van der Waals surface area contributed by atoms with Gasteiger partial charge in [-0.1, -0.05) is 31.5 Å². The van der Waals surface area contributed by atoms with Gasteiger partial charge in [0, 0.05) is 11.6 Å². The highest BCUT2D eigenvalue weighted by molar-refractivity contribution is 6.31. The first-order valence-electron chi connectivity index (χ1n) is 5.86. The maximum atomic E-state index is 12.2. The van der Waals surface area contributed by atoms with E-state index in [-0.39, 0.29) is 18.5 Å². The standard InChI is InChI=1S/C13H15ClN2O2/c1-9(2)7-15-8-12(17)16(13(15)18)11-5-3-4-10(14)6-11/h3-6,9H,7-8H2,1-2H3. The van der Waals surface area contributed by atoms with Crippen LogP contribution in [0.5, 0.6) is 0 Å². The predicted molar refractivity (Wildman–Crippen MR) is 70.7 cm³/mol. The van der Waals surface area contributed by atoms with E-state index in [1.165, 1.54) is 4.90 Å². The number of hydrogen-bond acceptors (Lipinski definition) is 2. The molecule has 0 atom stereocenters. The molecule has 1 aromatic carbocycles. The van der Waals surface area contributed by atoms with E-state index in [9.17, 15) is 9.59 Å². The second kappa shape index (κ2) is 4.98. The quantitative estimate of drug-likeness (QED) is 0.790. The van der Waals surface area contributed by atoms with Crippen LogP contribution in [0, 0.1) is 5.92 Å². The molecular weight excluding hydrogens is 252 g/mol. The smallest absolute Gasteiger partial charge is 0.314 e. The van der Waals surface area contributed by atoms with Gasteiger partial charge in [0.2, 0.25) is 0 Å². The van der Waals surface area contributed by atoms with Gasteiger partial charge < -0.3 is 4.90 Å². The molecule has 0 spiro atoms. The maximum Gasteiger partial charge on any atom is 0.331 e. The van der Waals surface area contributed by atoms with Gasteiger partial charge in [0.25, 0.3) is 5.91 Å². The van der Waals surface area contributed by atoms with Crippen molar-refractivity contribution in [3.63, 3.8) is 0 Å². The number of carbonyl (C=O) groups excluding carboxylic acids is 2. The molecular formula is C13H15ClN2O2. The molecule has 2 rings (SSSR count). The first-order chi connectivity index (χ1) is 8.49. The highest BCUT2D eigenvalue weighted by Crippen LogP contribution is 2.24. The molecule has 4 nitrogen and oxygen atoms in total. The topological polar surface area (TPSA) is 40.6 Å². The molecule has 18 heavy (non-hydrogen) atoms. The second-order valence-corrected chi connectivity index (χ2v) is 5.20. The third kappa shape index (κ3) is 2.48. The van der Waals surface area contributed by atoms with Crippen LogP contribution in [0.2, 0.25) is 5.02 Å².